The number of nitrogens with zero attached hydrogens (tertiary/aromatic N) is 5. The Morgan fingerprint density at radius 2 is 2.04 bits per heavy atom. The normalized spacial score (nSPS) is 27.3. The van der Waals surface area contributed by atoms with E-state index in [1.54, 1.807) is 6.92 Å². The summed E-state index contributed by atoms with van der Waals surface area (Å²) >= 11 is 0. The van der Waals surface area contributed by atoms with Crippen LogP contribution in [0.1, 0.15) is 20.3 Å². The monoisotopic (exact) mass is 319 g/mol. The maximum absolute atomic E-state index is 11.6. The molecule has 0 radical (unpaired) electrons. The van der Waals surface area contributed by atoms with Gasteiger partial charge in [0.2, 0.25) is 5.91 Å². The second-order valence-electron chi connectivity index (χ2n) is 6.97. The molecule has 0 unspecified atom stereocenters. The first-order chi connectivity index (χ1) is 11.1. The molecule has 2 atom stereocenters. The lowest BCUT2D eigenvalue weighted by Gasteiger charge is -2.30. The number of carbonyl (C=O) groups is 1. The van der Waals surface area contributed by atoms with Gasteiger partial charge in [-0.2, -0.15) is 5.10 Å². The number of rotatable bonds is 4. The molecule has 3 heterocycles. The van der Waals surface area contributed by atoms with Gasteiger partial charge in [0.15, 0.2) is 0 Å². The summed E-state index contributed by atoms with van der Waals surface area (Å²) < 4.78 is 2.01. The SMILES string of the molecule is CC(=O)N1CCCN([C@@H]2CN(CCn3cccn3)C[C@@H]2C)CC1. The van der Waals surface area contributed by atoms with Crippen molar-refractivity contribution in [1.82, 2.24) is 24.5 Å². The molecular formula is C17H29N5O. The van der Waals surface area contributed by atoms with E-state index in [0.717, 1.165) is 52.2 Å². The second kappa shape index (κ2) is 7.45. The minimum Gasteiger partial charge on any atom is -0.342 e. The van der Waals surface area contributed by atoms with Crippen LogP contribution in [0.25, 0.3) is 0 Å². The topological polar surface area (TPSA) is 44.6 Å². The summed E-state index contributed by atoms with van der Waals surface area (Å²) in [6.45, 7) is 12.3. The Hall–Kier alpha value is -1.40. The van der Waals surface area contributed by atoms with Crippen LogP contribution in [0, 0.1) is 5.92 Å². The lowest BCUT2D eigenvalue weighted by atomic mass is 10.0. The number of carbonyl (C=O) groups excluding carboxylic acids is 1. The molecule has 0 saturated carbocycles. The number of amides is 1. The molecule has 2 fully saturated rings. The fourth-order valence-electron chi connectivity index (χ4n) is 3.97. The van der Waals surface area contributed by atoms with E-state index in [1.165, 1.54) is 6.54 Å². The van der Waals surface area contributed by atoms with E-state index >= 15 is 0 Å². The first kappa shape index (κ1) is 16.5. The summed E-state index contributed by atoms with van der Waals surface area (Å²) in [7, 11) is 0. The minimum absolute atomic E-state index is 0.215. The van der Waals surface area contributed by atoms with Gasteiger partial charge in [0.25, 0.3) is 0 Å². The molecule has 1 aromatic heterocycles. The number of hydrogen-bond donors (Lipinski definition) is 0. The lowest BCUT2D eigenvalue weighted by Crippen LogP contribution is -2.43. The van der Waals surface area contributed by atoms with E-state index in [4.69, 9.17) is 0 Å². The Morgan fingerprint density at radius 1 is 1.17 bits per heavy atom. The highest BCUT2D eigenvalue weighted by molar-refractivity contribution is 5.73. The van der Waals surface area contributed by atoms with Crippen molar-refractivity contribution in [2.75, 3.05) is 45.8 Å². The zero-order chi connectivity index (χ0) is 16.2. The van der Waals surface area contributed by atoms with Crippen molar-refractivity contribution < 1.29 is 4.79 Å². The van der Waals surface area contributed by atoms with Gasteiger partial charge in [-0.25, -0.2) is 0 Å². The van der Waals surface area contributed by atoms with Crippen molar-refractivity contribution in [2.45, 2.75) is 32.9 Å². The molecule has 1 amide bonds. The Kier molecular flexibility index (Phi) is 5.33. The summed E-state index contributed by atoms with van der Waals surface area (Å²) in [5.74, 6) is 0.906. The van der Waals surface area contributed by atoms with Crippen LogP contribution in [0.5, 0.6) is 0 Å². The maximum Gasteiger partial charge on any atom is 0.219 e. The van der Waals surface area contributed by atoms with Gasteiger partial charge in [-0.05, 0) is 18.4 Å². The van der Waals surface area contributed by atoms with E-state index in [9.17, 15) is 4.79 Å². The molecule has 23 heavy (non-hydrogen) atoms. The largest absolute Gasteiger partial charge is 0.342 e. The molecule has 1 aromatic rings. The fraction of sp³-hybridized carbons (Fsp3) is 0.765. The summed E-state index contributed by atoms with van der Waals surface area (Å²) in [5.41, 5.74) is 0. The van der Waals surface area contributed by atoms with Gasteiger partial charge >= 0.3 is 0 Å². The molecular weight excluding hydrogens is 290 g/mol. The average Bonchev–Trinajstić information content (AvgIpc) is 3.09. The van der Waals surface area contributed by atoms with Crippen LogP contribution in [0.3, 0.4) is 0 Å². The average molecular weight is 319 g/mol. The van der Waals surface area contributed by atoms with Crippen LogP contribution >= 0.6 is 0 Å². The molecule has 0 spiro atoms. The number of aromatic nitrogens is 2. The summed E-state index contributed by atoms with van der Waals surface area (Å²) in [4.78, 5) is 18.8. The summed E-state index contributed by atoms with van der Waals surface area (Å²) in [5, 5.41) is 4.28. The Labute approximate surface area is 139 Å². The van der Waals surface area contributed by atoms with Crippen molar-refractivity contribution in [3.63, 3.8) is 0 Å². The predicted molar refractivity (Wildman–Crippen MR) is 90.1 cm³/mol. The molecule has 2 saturated heterocycles. The Morgan fingerprint density at radius 3 is 2.78 bits per heavy atom. The third kappa shape index (κ3) is 4.12. The molecule has 0 N–H and O–H groups in total. The van der Waals surface area contributed by atoms with E-state index in [-0.39, 0.29) is 5.91 Å². The van der Waals surface area contributed by atoms with Crippen molar-refractivity contribution in [3.8, 4) is 0 Å². The molecule has 6 heteroatoms. The molecule has 2 aliphatic rings. The van der Waals surface area contributed by atoms with Gasteiger partial charge in [-0.3, -0.25) is 19.3 Å². The predicted octanol–water partition coefficient (Wildman–Crippen LogP) is 0.758. The highest BCUT2D eigenvalue weighted by Gasteiger charge is 2.34. The first-order valence-corrected chi connectivity index (χ1v) is 8.83. The van der Waals surface area contributed by atoms with Crippen LogP contribution in [0.2, 0.25) is 0 Å². The van der Waals surface area contributed by atoms with Crippen molar-refractivity contribution in [2.24, 2.45) is 5.92 Å². The van der Waals surface area contributed by atoms with Crippen LogP contribution in [0.15, 0.2) is 18.5 Å². The Bertz CT molecular complexity index is 503. The molecule has 2 aliphatic heterocycles. The molecule has 0 aromatic carbocycles. The quantitative estimate of drug-likeness (QED) is 0.822. The smallest absolute Gasteiger partial charge is 0.219 e. The van der Waals surface area contributed by atoms with Gasteiger partial charge in [-0.15, -0.1) is 0 Å². The van der Waals surface area contributed by atoms with E-state index < -0.39 is 0 Å². The highest BCUT2D eigenvalue weighted by Crippen LogP contribution is 2.23. The standard InChI is InChI=1S/C17H29N5O/c1-15-13-19(9-12-22-8-3-5-18-22)14-17(15)21-7-4-6-20(10-11-21)16(2)23/h3,5,8,15,17H,4,6-7,9-14H2,1-2H3/t15-,17+/m0/s1. The van der Waals surface area contributed by atoms with E-state index in [0.29, 0.717) is 12.0 Å². The molecule has 3 rings (SSSR count). The van der Waals surface area contributed by atoms with Gasteiger partial charge in [0.1, 0.15) is 0 Å². The molecule has 0 aliphatic carbocycles. The molecule has 6 nitrogen and oxygen atoms in total. The number of likely N-dealkylation sites (tertiary alicyclic amines) is 1. The zero-order valence-electron chi connectivity index (χ0n) is 14.4. The summed E-state index contributed by atoms with van der Waals surface area (Å²) in [6.07, 6.45) is 4.96. The first-order valence-electron chi connectivity index (χ1n) is 8.83. The molecule has 128 valence electrons. The van der Waals surface area contributed by atoms with Crippen LogP contribution in [-0.4, -0.2) is 82.2 Å². The van der Waals surface area contributed by atoms with E-state index in [1.807, 2.05) is 28.0 Å². The van der Waals surface area contributed by atoms with Crippen LogP contribution in [-0.2, 0) is 11.3 Å². The third-order valence-electron chi connectivity index (χ3n) is 5.30. The van der Waals surface area contributed by atoms with Gasteiger partial charge in [-0.1, -0.05) is 6.92 Å². The lowest BCUT2D eigenvalue weighted by molar-refractivity contribution is -0.128. The second-order valence-corrected chi connectivity index (χ2v) is 6.97. The van der Waals surface area contributed by atoms with Crippen molar-refractivity contribution in [1.29, 1.82) is 0 Å². The minimum atomic E-state index is 0.215. The maximum atomic E-state index is 11.6. The van der Waals surface area contributed by atoms with Gasteiger partial charge in [0, 0.05) is 71.2 Å². The van der Waals surface area contributed by atoms with Crippen LogP contribution < -0.4 is 0 Å². The summed E-state index contributed by atoms with van der Waals surface area (Å²) in [6, 6.07) is 2.60. The Balaban J connectivity index is 1.51. The van der Waals surface area contributed by atoms with E-state index in [2.05, 4.69) is 21.8 Å². The van der Waals surface area contributed by atoms with Crippen molar-refractivity contribution in [3.05, 3.63) is 18.5 Å². The molecule has 0 bridgehead atoms. The van der Waals surface area contributed by atoms with Crippen LogP contribution in [0.4, 0.5) is 0 Å². The third-order valence-corrected chi connectivity index (χ3v) is 5.30. The number of hydrogen-bond acceptors (Lipinski definition) is 4. The zero-order valence-corrected chi connectivity index (χ0v) is 14.4. The van der Waals surface area contributed by atoms with Crippen molar-refractivity contribution >= 4 is 5.91 Å². The van der Waals surface area contributed by atoms with Gasteiger partial charge < -0.3 is 4.90 Å². The van der Waals surface area contributed by atoms with Gasteiger partial charge in [0.05, 0.1) is 6.54 Å². The highest BCUT2D eigenvalue weighted by atomic mass is 16.2. The fourth-order valence-corrected chi connectivity index (χ4v) is 3.97.